The summed E-state index contributed by atoms with van der Waals surface area (Å²) in [5.74, 6) is -0.308. The van der Waals surface area contributed by atoms with Crippen molar-refractivity contribution in [3.05, 3.63) is 77.6 Å². The van der Waals surface area contributed by atoms with Crippen LogP contribution in [0, 0.1) is 17.1 Å². The summed E-state index contributed by atoms with van der Waals surface area (Å²) < 4.78 is 12.9. The van der Waals surface area contributed by atoms with Gasteiger partial charge in [-0.05, 0) is 41.5 Å². The Labute approximate surface area is 130 Å². The van der Waals surface area contributed by atoms with Crippen LogP contribution in [0.25, 0.3) is 11.6 Å². The van der Waals surface area contributed by atoms with E-state index in [9.17, 15) is 9.65 Å². The number of rotatable bonds is 4. The first kappa shape index (κ1) is 15.5. The summed E-state index contributed by atoms with van der Waals surface area (Å²) in [6.07, 6.45) is 5.49. The number of hydrogen-bond donors (Lipinski definition) is 0. The van der Waals surface area contributed by atoms with Crippen molar-refractivity contribution in [2.45, 2.75) is 0 Å². The van der Waals surface area contributed by atoms with Crippen molar-refractivity contribution in [2.24, 2.45) is 0 Å². The molecule has 2 aromatic rings. The molecule has 2 nitrogen and oxygen atoms in total. The van der Waals surface area contributed by atoms with Crippen molar-refractivity contribution >= 4 is 17.3 Å². The van der Waals surface area contributed by atoms with Gasteiger partial charge in [0.25, 0.3) is 0 Å². The molecule has 2 aromatic carbocycles. The second kappa shape index (κ2) is 7.24. The standard InChI is InChI=1S/C19H17FN2/c1-22(2)19-12-6-15(7-13-19)4-3-5-17(14-21)16-8-10-18(20)11-9-16/h3-13H,1-2H3/b4-3+,17-5-. The van der Waals surface area contributed by atoms with Crippen LogP contribution >= 0.6 is 0 Å². The van der Waals surface area contributed by atoms with Crippen molar-refractivity contribution < 1.29 is 4.39 Å². The van der Waals surface area contributed by atoms with Gasteiger partial charge in [0.15, 0.2) is 0 Å². The number of halogens is 1. The fourth-order valence-corrected chi connectivity index (χ4v) is 1.97. The highest BCUT2D eigenvalue weighted by molar-refractivity contribution is 5.78. The summed E-state index contributed by atoms with van der Waals surface area (Å²) in [6.45, 7) is 0. The molecule has 0 N–H and O–H groups in total. The van der Waals surface area contributed by atoms with Crippen LogP contribution in [0.15, 0.2) is 60.7 Å². The molecule has 22 heavy (non-hydrogen) atoms. The summed E-state index contributed by atoms with van der Waals surface area (Å²) in [4.78, 5) is 2.04. The lowest BCUT2D eigenvalue weighted by atomic mass is 10.1. The van der Waals surface area contributed by atoms with E-state index in [0.29, 0.717) is 11.1 Å². The molecule has 0 heterocycles. The zero-order valence-electron chi connectivity index (χ0n) is 12.6. The summed E-state index contributed by atoms with van der Waals surface area (Å²) in [6, 6.07) is 16.1. The molecule has 0 bridgehead atoms. The zero-order chi connectivity index (χ0) is 15.9. The van der Waals surface area contributed by atoms with E-state index in [2.05, 4.69) is 6.07 Å². The molecule has 0 fully saturated rings. The van der Waals surface area contributed by atoms with Crippen molar-refractivity contribution in [3.63, 3.8) is 0 Å². The SMILES string of the molecule is CN(C)c1ccc(/C=C/C=C(/C#N)c2ccc(F)cc2)cc1. The fourth-order valence-electron chi connectivity index (χ4n) is 1.97. The molecule has 0 saturated heterocycles. The van der Waals surface area contributed by atoms with Crippen LogP contribution in [0.5, 0.6) is 0 Å². The molecule has 0 aliphatic carbocycles. The monoisotopic (exact) mass is 292 g/mol. The second-order valence-electron chi connectivity index (χ2n) is 5.04. The lowest BCUT2D eigenvalue weighted by Crippen LogP contribution is -2.07. The van der Waals surface area contributed by atoms with E-state index >= 15 is 0 Å². The number of nitrogens with zero attached hydrogens (tertiary/aromatic N) is 2. The van der Waals surface area contributed by atoms with Crippen LogP contribution in [0.2, 0.25) is 0 Å². The highest BCUT2D eigenvalue weighted by Crippen LogP contribution is 2.16. The van der Waals surface area contributed by atoms with Gasteiger partial charge in [0, 0.05) is 19.8 Å². The van der Waals surface area contributed by atoms with Gasteiger partial charge in [-0.15, -0.1) is 0 Å². The number of nitriles is 1. The van der Waals surface area contributed by atoms with Gasteiger partial charge in [-0.25, -0.2) is 4.39 Å². The second-order valence-corrected chi connectivity index (χ2v) is 5.04. The first-order chi connectivity index (χ1) is 10.6. The lowest BCUT2D eigenvalue weighted by Gasteiger charge is -2.11. The Bertz CT molecular complexity index is 718. The van der Waals surface area contributed by atoms with E-state index in [1.54, 1.807) is 18.2 Å². The Morgan fingerprint density at radius 1 is 1.05 bits per heavy atom. The topological polar surface area (TPSA) is 27.0 Å². The Morgan fingerprint density at radius 3 is 2.23 bits per heavy atom. The van der Waals surface area contributed by atoms with Gasteiger partial charge >= 0.3 is 0 Å². The Morgan fingerprint density at radius 2 is 1.68 bits per heavy atom. The minimum atomic E-state index is -0.308. The van der Waals surface area contributed by atoms with Crippen LogP contribution in [-0.4, -0.2) is 14.1 Å². The van der Waals surface area contributed by atoms with Crippen molar-refractivity contribution in [1.29, 1.82) is 5.26 Å². The average molecular weight is 292 g/mol. The summed E-state index contributed by atoms with van der Waals surface area (Å²) in [5, 5.41) is 9.19. The molecule has 0 atom stereocenters. The van der Waals surface area contributed by atoms with Crippen molar-refractivity contribution in [1.82, 2.24) is 0 Å². The third kappa shape index (κ3) is 4.07. The predicted molar refractivity (Wildman–Crippen MR) is 89.8 cm³/mol. The van der Waals surface area contributed by atoms with E-state index in [1.165, 1.54) is 12.1 Å². The van der Waals surface area contributed by atoms with E-state index < -0.39 is 0 Å². The number of anilines is 1. The molecule has 0 aromatic heterocycles. The minimum absolute atomic E-state index is 0.308. The first-order valence-electron chi connectivity index (χ1n) is 6.92. The number of hydrogen-bond acceptors (Lipinski definition) is 2. The third-order valence-electron chi connectivity index (χ3n) is 3.24. The summed E-state index contributed by atoms with van der Waals surface area (Å²) >= 11 is 0. The maximum absolute atomic E-state index is 12.9. The lowest BCUT2D eigenvalue weighted by molar-refractivity contribution is 0.627. The molecule has 3 heteroatoms. The number of benzene rings is 2. The highest BCUT2D eigenvalue weighted by Gasteiger charge is 1.99. The predicted octanol–water partition coefficient (Wildman–Crippen LogP) is 4.51. The van der Waals surface area contributed by atoms with Crippen LogP contribution in [-0.2, 0) is 0 Å². The Kier molecular flexibility index (Phi) is 5.11. The van der Waals surface area contributed by atoms with Gasteiger partial charge in [0.2, 0.25) is 0 Å². The average Bonchev–Trinajstić information content (AvgIpc) is 2.53. The van der Waals surface area contributed by atoms with Gasteiger partial charge in [0.1, 0.15) is 5.82 Å². The first-order valence-corrected chi connectivity index (χ1v) is 6.92. The Balaban J connectivity index is 2.14. The molecular weight excluding hydrogens is 275 g/mol. The van der Waals surface area contributed by atoms with Crippen molar-refractivity contribution in [2.75, 3.05) is 19.0 Å². The third-order valence-corrected chi connectivity index (χ3v) is 3.24. The molecule has 0 aliphatic rings. The van der Waals surface area contributed by atoms with Crippen LogP contribution in [0.4, 0.5) is 10.1 Å². The largest absolute Gasteiger partial charge is 0.378 e. The molecule has 0 spiro atoms. The molecule has 0 saturated carbocycles. The number of allylic oxidation sites excluding steroid dienone is 3. The normalized spacial score (nSPS) is 11.5. The van der Waals surface area contributed by atoms with E-state index in [1.807, 2.05) is 55.4 Å². The highest BCUT2D eigenvalue weighted by atomic mass is 19.1. The quantitative estimate of drug-likeness (QED) is 0.612. The van der Waals surface area contributed by atoms with Crippen molar-refractivity contribution in [3.8, 4) is 6.07 Å². The molecule has 2 rings (SSSR count). The molecule has 0 amide bonds. The fraction of sp³-hybridized carbons (Fsp3) is 0.105. The van der Waals surface area contributed by atoms with E-state index in [-0.39, 0.29) is 5.82 Å². The van der Waals surface area contributed by atoms with Crippen LogP contribution in [0.1, 0.15) is 11.1 Å². The molecule has 0 aliphatic heterocycles. The summed E-state index contributed by atoms with van der Waals surface area (Å²) in [7, 11) is 3.99. The van der Waals surface area contributed by atoms with Gasteiger partial charge in [-0.3, -0.25) is 0 Å². The zero-order valence-corrected chi connectivity index (χ0v) is 12.6. The van der Waals surface area contributed by atoms with Gasteiger partial charge < -0.3 is 4.90 Å². The van der Waals surface area contributed by atoms with Crippen LogP contribution in [0.3, 0.4) is 0 Å². The smallest absolute Gasteiger partial charge is 0.123 e. The molecular formula is C19H17FN2. The maximum atomic E-state index is 12.9. The summed E-state index contributed by atoms with van der Waals surface area (Å²) in [5.41, 5.74) is 3.40. The maximum Gasteiger partial charge on any atom is 0.123 e. The minimum Gasteiger partial charge on any atom is -0.378 e. The van der Waals surface area contributed by atoms with Gasteiger partial charge in [-0.1, -0.05) is 36.4 Å². The van der Waals surface area contributed by atoms with E-state index in [4.69, 9.17) is 0 Å². The Hall–Kier alpha value is -2.86. The van der Waals surface area contributed by atoms with E-state index in [0.717, 1.165) is 11.3 Å². The molecule has 0 radical (unpaired) electrons. The molecule has 0 unspecified atom stereocenters. The van der Waals surface area contributed by atoms with Gasteiger partial charge in [-0.2, -0.15) is 5.26 Å². The van der Waals surface area contributed by atoms with Crippen LogP contribution < -0.4 is 4.90 Å². The molecule has 110 valence electrons. The van der Waals surface area contributed by atoms with Gasteiger partial charge in [0.05, 0.1) is 11.6 Å².